The smallest absolute Gasteiger partial charge is 0.214 e. The van der Waals surface area contributed by atoms with Crippen molar-refractivity contribution in [1.29, 1.82) is 0 Å². The molecule has 2 atom stereocenters. The Hall–Kier alpha value is -3.07. The summed E-state index contributed by atoms with van der Waals surface area (Å²) in [4.78, 5) is 0. The zero-order valence-corrected chi connectivity index (χ0v) is 15.6. The molecule has 27 heavy (non-hydrogen) atoms. The van der Waals surface area contributed by atoms with Crippen LogP contribution in [0, 0.1) is 13.8 Å². The molecule has 3 aromatic carbocycles. The molecule has 0 radical (unpaired) electrons. The third kappa shape index (κ3) is 2.71. The number of hydrogen-bond donors (Lipinski definition) is 0. The number of benzene rings is 3. The fraction of sp³-hybridized carbons (Fsp3) is 0.208. The van der Waals surface area contributed by atoms with Crippen LogP contribution >= 0.6 is 0 Å². The number of hydrazone groups is 1. The van der Waals surface area contributed by atoms with Crippen molar-refractivity contribution in [1.82, 2.24) is 5.01 Å². The fourth-order valence-corrected chi connectivity index (χ4v) is 4.15. The van der Waals surface area contributed by atoms with Crippen LogP contribution in [0.15, 0.2) is 77.9 Å². The largest absolute Gasteiger partial charge is 0.464 e. The van der Waals surface area contributed by atoms with Crippen molar-refractivity contribution in [2.24, 2.45) is 5.10 Å². The molecule has 0 aliphatic carbocycles. The third-order valence-corrected chi connectivity index (χ3v) is 5.50. The molecule has 0 unspecified atom stereocenters. The summed E-state index contributed by atoms with van der Waals surface area (Å²) >= 11 is 0. The van der Waals surface area contributed by atoms with E-state index >= 15 is 0 Å². The molecule has 0 aromatic heterocycles. The van der Waals surface area contributed by atoms with Gasteiger partial charge < -0.3 is 4.74 Å². The van der Waals surface area contributed by atoms with E-state index in [1.54, 1.807) is 0 Å². The van der Waals surface area contributed by atoms with E-state index in [0.717, 1.165) is 17.9 Å². The van der Waals surface area contributed by atoms with Gasteiger partial charge in [0.1, 0.15) is 5.75 Å². The molecule has 3 aromatic rings. The molecular weight excluding hydrogens is 332 g/mol. The lowest BCUT2D eigenvalue weighted by Crippen LogP contribution is -2.34. The lowest BCUT2D eigenvalue weighted by molar-refractivity contribution is -0.0194. The molecule has 3 heteroatoms. The molecule has 0 saturated heterocycles. The van der Waals surface area contributed by atoms with Gasteiger partial charge in [0.05, 0.1) is 11.8 Å². The van der Waals surface area contributed by atoms with Crippen LogP contribution in [0.5, 0.6) is 5.75 Å². The third-order valence-electron chi connectivity index (χ3n) is 5.50. The van der Waals surface area contributed by atoms with Gasteiger partial charge in [-0.3, -0.25) is 0 Å². The van der Waals surface area contributed by atoms with Crippen molar-refractivity contribution in [3.05, 3.63) is 101 Å². The van der Waals surface area contributed by atoms with Crippen LogP contribution in [0.1, 0.15) is 46.5 Å². The van der Waals surface area contributed by atoms with Gasteiger partial charge in [-0.25, -0.2) is 5.01 Å². The first-order valence-corrected chi connectivity index (χ1v) is 9.45. The molecule has 0 spiro atoms. The Labute approximate surface area is 159 Å². The second-order valence-corrected chi connectivity index (χ2v) is 7.38. The first-order chi connectivity index (χ1) is 13.2. The first kappa shape index (κ1) is 16.1. The summed E-state index contributed by atoms with van der Waals surface area (Å²) in [5.41, 5.74) is 7.20. The Morgan fingerprint density at radius 3 is 2.48 bits per heavy atom. The van der Waals surface area contributed by atoms with E-state index in [1.165, 1.54) is 27.8 Å². The molecule has 3 nitrogen and oxygen atoms in total. The topological polar surface area (TPSA) is 24.8 Å². The van der Waals surface area contributed by atoms with Gasteiger partial charge in [0.15, 0.2) is 0 Å². The van der Waals surface area contributed by atoms with Gasteiger partial charge in [0.2, 0.25) is 6.23 Å². The van der Waals surface area contributed by atoms with Gasteiger partial charge >= 0.3 is 0 Å². The van der Waals surface area contributed by atoms with Crippen LogP contribution in [-0.4, -0.2) is 10.7 Å². The quantitative estimate of drug-likeness (QED) is 0.603. The Kier molecular flexibility index (Phi) is 3.75. The van der Waals surface area contributed by atoms with Crippen LogP contribution in [-0.2, 0) is 0 Å². The summed E-state index contributed by atoms with van der Waals surface area (Å²) in [6, 6.07) is 25.6. The first-order valence-electron chi connectivity index (χ1n) is 9.45. The highest BCUT2D eigenvalue weighted by atomic mass is 16.5. The number of aryl methyl sites for hydroxylation is 2. The SMILES string of the molecule is Cc1ccc([C@@H]2Oc3ccccc3[C@@H]3CC(c4ccccc4)=NN32)c(C)c1. The Morgan fingerprint density at radius 2 is 1.67 bits per heavy atom. The number of fused-ring (bicyclic) bond motifs is 3. The number of para-hydroxylation sites is 1. The maximum absolute atomic E-state index is 6.46. The Bertz CT molecular complexity index is 1030. The molecule has 2 aliphatic heterocycles. The van der Waals surface area contributed by atoms with E-state index < -0.39 is 0 Å². The Morgan fingerprint density at radius 1 is 0.889 bits per heavy atom. The molecule has 0 bridgehead atoms. The van der Waals surface area contributed by atoms with Crippen molar-refractivity contribution in [3.63, 3.8) is 0 Å². The summed E-state index contributed by atoms with van der Waals surface area (Å²) in [6.07, 6.45) is 0.693. The van der Waals surface area contributed by atoms with Crippen LogP contribution in [0.4, 0.5) is 0 Å². The van der Waals surface area contributed by atoms with E-state index in [4.69, 9.17) is 9.84 Å². The maximum atomic E-state index is 6.46. The predicted octanol–water partition coefficient (Wildman–Crippen LogP) is 5.55. The summed E-state index contributed by atoms with van der Waals surface area (Å²) < 4.78 is 6.46. The highest BCUT2D eigenvalue weighted by molar-refractivity contribution is 6.01. The number of ether oxygens (including phenoxy) is 1. The average molecular weight is 354 g/mol. The normalized spacial score (nSPS) is 20.5. The van der Waals surface area contributed by atoms with Gasteiger partial charge in [-0.2, -0.15) is 5.10 Å². The van der Waals surface area contributed by atoms with Gasteiger partial charge in [-0.05, 0) is 31.0 Å². The highest BCUT2D eigenvalue weighted by Crippen LogP contribution is 2.47. The minimum absolute atomic E-state index is 0.202. The number of nitrogens with zero attached hydrogens (tertiary/aromatic N) is 2. The van der Waals surface area contributed by atoms with Crippen molar-refractivity contribution in [3.8, 4) is 5.75 Å². The van der Waals surface area contributed by atoms with Crippen LogP contribution in [0.25, 0.3) is 0 Å². The van der Waals surface area contributed by atoms with Crippen molar-refractivity contribution in [2.45, 2.75) is 32.5 Å². The zero-order valence-electron chi connectivity index (χ0n) is 15.6. The van der Waals surface area contributed by atoms with E-state index in [1.807, 2.05) is 12.1 Å². The molecule has 0 amide bonds. The predicted molar refractivity (Wildman–Crippen MR) is 108 cm³/mol. The molecule has 0 fully saturated rings. The lowest BCUT2D eigenvalue weighted by Gasteiger charge is -2.38. The molecule has 0 N–H and O–H groups in total. The van der Waals surface area contributed by atoms with E-state index in [2.05, 4.69) is 79.5 Å². The number of hydrogen-bond acceptors (Lipinski definition) is 3. The van der Waals surface area contributed by atoms with E-state index in [9.17, 15) is 0 Å². The summed E-state index contributed by atoms with van der Waals surface area (Å²) in [5, 5.41) is 7.18. The summed E-state index contributed by atoms with van der Waals surface area (Å²) in [7, 11) is 0. The van der Waals surface area contributed by atoms with E-state index in [0.29, 0.717) is 0 Å². The molecule has 2 heterocycles. The highest BCUT2D eigenvalue weighted by Gasteiger charge is 2.41. The number of rotatable bonds is 2. The minimum Gasteiger partial charge on any atom is -0.464 e. The summed E-state index contributed by atoms with van der Waals surface area (Å²) in [5.74, 6) is 0.966. The maximum Gasteiger partial charge on any atom is 0.214 e. The van der Waals surface area contributed by atoms with E-state index in [-0.39, 0.29) is 12.3 Å². The zero-order chi connectivity index (χ0) is 18.4. The van der Waals surface area contributed by atoms with Crippen molar-refractivity contribution >= 4 is 5.71 Å². The second-order valence-electron chi connectivity index (χ2n) is 7.38. The van der Waals surface area contributed by atoms with Crippen LogP contribution in [0.2, 0.25) is 0 Å². The minimum atomic E-state index is -0.202. The molecule has 2 aliphatic rings. The lowest BCUT2D eigenvalue weighted by atomic mass is 9.95. The van der Waals surface area contributed by atoms with Crippen LogP contribution < -0.4 is 4.74 Å². The van der Waals surface area contributed by atoms with Crippen molar-refractivity contribution in [2.75, 3.05) is 0 Å². The standard InChI is InChI=1S/C24H22N2O/c1-16-12-13-19(17(2)14-16)24-26-22(20-10-6-7-11-23(20)27-24)15-21(25-26)18-8-4-3-5-9-18/h3-14,22,24H,15H2,1-2H3/t22-,24-/m0/s1. The van der Waals surface area contributed by atoms with Gasteiger partial charge in [0.25, 0.3) is 0 Å². The molecule has 5 rings (SSSR count). The van der Waals surface area contributed by atoms with Gasteiger partial charge in [-0.1, -0.05) is 72.3 Å². The monoisotopic (exact) mass is 354 g/mol. The van der Waals surface area contributed by atoms with Gasteiger partial charge in [0, 0.05) is 17.5 Å². The second kappa shape index (κ2) is 6.27. The fourth-order valence-electron chi connectivity index (χ4n) is 4.15. The van der Waals surface area contributed by atoms with Gasteiger partial charge in [-0.15, -0.1) is 0 Å². The Balaban J connectivity index is 1.62. The average Bonchev–Trinajstić information content (AvgIpc) is 3.14. The molecule has 0 saturated carbocycles. The molecular formula is C24H22N2O. The molecule has 134 valence electrons. The van der Waals surface area contributed by atoms with Crippen LogP contribution in [0.3, 0.4) is 0 Å². The van der Waals surface area contributed by atoms with Crippen molar-refractivity contribution < 1.29 is 4.74 Å². The summed E-state index contributed by atoms with van der Waals surface area (Å²) in [6.45, 7) is 4.28.